The lowest BCUT2D eigenvalue weighted by atomic mass is 9.84. The van der Waals surface area contributed by atoms with Crippen LogP contribution >= 0.6 is 11.6 Å². The average Bonchev–Trinajstić information content (AvgIpc) is 2.27. The number of halogens is 2. The molecule has 1 aromatic rings. The quantitative estimate of drug-likeness (QED) is 0.829. The average molecular weight is 273 g/mol. The van der Waals surface area contributed by atoms with Gasteiger partial charge in [-0.2, -0.15) is 0 Å². The minimum absolute atomic E-state index is 0.122. The van der Waals surface area contributed by atoms with E-state index in [4.69, 9.17) is 16.7 Å². The molecule has 1 aromatic carbocycles. The van der Waals surface area contributed by atoms with Crippen LogP contribution in [0.25, 0.3) is 0 Å². The molecule has 100 valence electrons. The van der Waals surface area contributed by atoms with Crippen LogP contribution in [0, 0.1) is 11.7 Å². The van der Waals surface area contributed by atoms with Crippen LogP contribution in [0.3, 0.4) is 0 Å². The first kappa shape index (κ1) is 15.0. The summed E-state index contributed by atoms with van der Waals surface area (Å²) in [6.45, 7) is 4.14. The Labute approximate surface area is 112 Å². The largest absolute Gasteiger partial charge is 0.481 e. The molecule has 1 N–H and O–H groups in total. The monoisotopic (exact) mass is 272 g/mol. The number of aliphatic carboxylic acids is 1. The maximum absolute atomic E-state index is 13.1. The van der Waals surface area contributed by atoms with Crippen LogP contribution in [0.1, 0.15) is 44.6 Å². The van der Waals surface area contributed by atoms with Crippen LogP contribution in [0.5, 0.6) is 0 Å². The Morgan fingerprint density at radius 1 is 1.44 bits per heavy atom. The maximum Gasteiger partial charge on any atom is 0.303 e. The highest BCUT2D eigenvalue weighted by Crippen LogP contribution is 2.31. The molecule has 0 fully saturated rings. The van der Waals surface area contributed by atoms with Gasteiger partial charge in [0.2, 0.25) is 0 Å². The Morgan fingerprint density at radius 2 is 2.11 bits per heavy atom. The van der Waals surface area contributed by atoms with Gasteiger partial charge in [-0.3, -0.25) is 4.79 Å². The molecule has 18 heavy (non-hydrogen) atoms. The van der Waals surface area contributed by atoms with Gasteiger partial charge < -0.3 is 5.11 Å². The summed E-state index contributed by atoms with van der Waals surface area (Å²) in [5, 5.41) is 8.77. The number of carbonyl (C=O) groups is 1. The van der Waals surface area contributed by atoms with Gasteiger partial charge in [-0.25, -0.2) is 4.39 Å². The van der Waals surface area contributed by atoms with Crippen molar-refractivity contribution >= 4 is 17.6 Å². The number of hydrogen-bond donors (Lipinski definition) is 1. The zero-order valence-corrected chi connectivity index (χ0v) is 11.4. The van der Waals surface area contributed by atoms with Crippen LogP contribution < -0.4 is 0 Å². The van der Waals surface area contributed by atoms with Gasteiger partial charge in [0.1, 0.15) is 5.82 Å². The molecule has 0 aliphatic heterocycles. The Bertz CT molecular complexity index is 418. The normalized spacial score (nSPS) is 12.7. The third-order valence-electron chi connectivity index (χ3n) is 3.08. The number of benzene rings is 1. The molecular formula is C14H18ClFO2. The van der Waals surface area contributed by atoms with E-state index in [1.807, 2.05) is 0 Å². The van der Waals surface area contributed by atoms with Gasteiger partial charge in [0.15, 0.2) is 0 Å². The molecular weight excluding hydrogens is 255 g/mol. The van der Waals surface area contributed by atoms with Gasteiger partial charge in [0.25, 0.3) is 0 Å². The van der Waals surface area contributed by atoms with Crippen molar-refractivity contribution in [3.05, 3.63) is 34.6 Å². The van der Waals surface area contributed by atoms with E-state index in [0.29, 0.717) is 12.3 Å². The molecule has 0 aliphatic carbocycles. The Kier molecular flexibility index (Phi) is 5.60. The Hall–Kier alpha value is -1.09. The van der Waals surface area contributed by atoms with E-state index in [2.05, 4.69) is 13.8 Å². The SMILES string of the molecule is CC(C)C(CCCC(=O)O)c1ccc(F)c(Cl)c1. The van der Waals surface area contributed by atoms with Crippen molar-refractivity contribution in [1.29, 1.82) is 0 Å². The van der Waals surface area contributed by atoms with Gasteiger partial charge >= 0.3 is 5.97 Å². The van der Waals surface area contributed by atoms with E-state index in [-0.39, 0.29) is 17.4 Å². The fourth-order valence-electron chi connectivity index (χ4n) is 2.10. The third-order valence-corrected chi connectivity index (χ3v) is 3.37. The summed E-state index contributed by atoms with van der Waals surface area (Å²) in [4.78, 5) is 10.5. The molecule has 1 rings (SSSR count). The van der Waals surface area contributed by atoms with E-state index < -0.39 is 11.8 Å². The van der Waals surface area contributed by atoms with Crippen molar-refractivity contribution in [2.75, 3.05) is 0 Å². The smallest absolute Gasteiger partial charge is 0.303 e. The van der Waals surface area contributed by atoms with Gasteiger partial charge in [-0.05, 0) is 42.4 Å². The van der Waals surface area contributed by atoms with E-state index in [1.165, 1.54) is 6.07 Å². The van der Waals surface area contributed by atoms with Crippen molar-refractivity contribution in [3.8, 4) is 0 Å². The molecule has 0 aromatic heterocycles. The Morgan fingerprint density at radius 3 is 2.61 bits per heavy atom. The number of hydrogen-bond acceptors (Lipinski definition) is 1. The van der Waals surface area contributed by atoms with Crippen LogP contribution in [0.2, 0.25) is 5.02 Å². The lowest BCUT2D eigenvalue weighted by molar-refractivity contribution is -0.137. The Balaban J connectivity index is 2.77. The minimum Gasteiger partial charge on any atom is -0.481 e. The summed E-state index contributed by atoms with van der Waals surface area (Å²) >= 11 is 5.78. The van der Waals surface area contributed by atoms with Gasteiger partial charge in [-0.15, -0.1) is 0 Å². The molecule has 2 nitrogen and oxygen atoms in total. The van der Waals surface area contributed by atoms with Crippen LogP contribution in [-0.2, 0) is 4.79 Å². The topological polar surface area (TPSA) is 37.3 Å². The summed E-state index contributed by atoms with van der Waals surface area (Å²) in [6.07, 6.45) is 1.55. The summed E-state index contributed by atoms with van der Waals surface area (Å²) in [5.41, 5.74) is 0.974. The van der Waals surface area contributed by atoms with E-state index in [9.17, 15) is 9.18 Å². The van der Waals surface area contributed by atoms with E-state index in [1.54, 1.807) is 12.1 Å². The second kappa shape index (κ2) is 6.74. The molecule has 0 radical (unpaired) electrons. The zero-order valence-electron chi connectivity index (χ0n) is 10.6. The molecule has 1 atom stereocenters. The van der Waals surface area contributed by atoms with Crippen molar-refractivity contribution in [1.82, 2.24) is 0 Å². The van der Waals surface area contributed by atoms with E-state index >= 15 is 0 Å². The van der Waals surface area contributed by atoms with Crippen molar-refractivity contribution in [2.24, 2.45) is 5.92 Å². The van der Waals surface area contributed by atoms with Crippen LogP contribution in [-0.4, -0.2) is 11.1 Å². The summed E-state index contributed by atoms with van der Waals surface area (Å²) in [6, 6.07) is 4.74. The maximum atomic E-state index is 13.1. The number of carboxylic acids is 1. The highest BCUT2D eigenvalue weighted by molar-refractivity contribution is 6.30. The molecule has 0 aliphatic rings. The molecule has 0 bridgehead atoms. The first-order valence-corrected chi connectivity index (χ1v) is 6.46. The van der Waals surface area contributed by atoms with E-state index in [0.717, 1.165) is 12.0 Å². The van der Waals surface area contributed by atoms with Crippen molar-refractivity contribution < 1.29 is 14.3 Å². The highest BCUT2D eigenvalue weighted by Gasteiger charge is 2.17. The molecule has 0 amide bonds. The minimum atomic E-state index is -0.783. The molecule has 0 heterocycles. The van der Waals surface area contributed by atoms with Crippen molar-refractivity contribution in [2.45, 2.75) is 39.0 Å². The first-order valence-electron chi connectivity index (χ1n) is 6.08. The molecule has 1 unspecified atom stereocenters. The van der Waals surface area contributed by atoms with Gasteiger partial charge in [-0.1, -0.05) is 31.5 Å². The van der Waals surface area contributed by atoms with Crippen LogP contribution in [0.4, 0.5) is 4.39 Å². The summed E-state index contributed by atoms with van der Waals surface area (Å²) < 4.78 is 13.1. The summed E-state index contributed by atoms with van der Waals surface area (Å²) in [7, 11) is 0. The lowest BCUT2D eigenvalue weighted by Crippen LogP contribution is -2.08. The lowest BCUT2D eigenvalue weighted by Gasteiger charge is -2.21. The standard InChI is InChI=1S/C14H18ClFO2/c1-9(2)11(4-3-5-14(17)18)10-6-7-13(16)12(15)8-10/h6-9,11H,3-5H2,1-2H3,(H,17,18). The first-order chi connectivity index (χ1) is 8.41. The van der Waals surface area contributed by atoms with Crippen LogP contribution in [0.15, 0.2) is 18.2 Å². The molecule has 4 heteroatoms. The molecule has 0 saturated heterocycles. The fraction of sp³-hybridized carbons (Fsp3) is 0.500. The van der Waals surface area contributed by atoms with Gasteiger partial charge in [0.05, 0.1) is 5.02 Å². The molecule has 0 saturated carbocycles. The highest BCUT2D eigenvalue weighted by atomic mass is 35.5. The second-order valence-corrected chi connectivity index (χ2v) is 5.22. The molecule has 0 spiro atoms. The summed E-state index contributed by atoms with van der Waals surface area (Å²) in [5.74, 6) is -0.633. The number of rotatable bonds is 6. The second-order valence-electron chi connectivity index (χ2n) is 4.81. The fourth-order valence-corrected chi connectivity index (χ4v) is 2.29. The predicted molar refractivity (Wildman–Crippen MR) is 70.5 cm³/mol. The predicted octanol–water partition coefficient (Wildman–Crippen LogP) is 4.47. The van der Waals surface area contributed by atoms with Crippen molar-refractivity contribution in [3.63, 3.8) is 0 Å². The third kappa shape index (κ3) is 4.30. The zero-order chi connectivity index (χ0) is 13.7. The van der Waals surface area contributed by atoms with Gasteiger partial charge in [0, 0.05) is 6.42 Å². The number of carboxylic acid groups (broad SMARTS) is 1.